The number of likely N-dealkylation sites (tertiary alicyclic amines) is 1. The molecule has 3 amide bonds. The lowest BCUT2D eigenvalue weighted by Crippen LogP contribution is -2.40. The summed E-state index contributed by atoms with van der Waals surface area (Å²) in [6.07, 6.45) is 2.03. The van der Waals surface area contributed by atoms with Gasteiger partial charge in [0.1, 0.15) is 0 Å². The number of piperidine rings is 1. The van der Waals surface area contributed by atoms with E-state index in [1.807, 2.05) is 0 Å². The number of rotatable bonds is 2. The zero-order chi connectivity index (χ0) is 15.4. The maximum Gasteiger partial charge on any atom is 0.321 e. The fraction of sp³-hybridized carbons (Fsp3) is 0.467. The van der Waals surface area contributed by atoms with Crippen LogP contribution >= 0.6 is 11.6 Å². The molecule has 114 valence electrons. The van der Waals surface area contributed by atoms with Crippen molar-refractivity contribution in [2.45, 2.75) is 19.8 Å². The van der Waals surface area contributed by atoms with Crippen LogP contribution in [0.2, 0.25) is 5.02 Å². The molecule has 1 aromatic carbocycles. The van der Waals surface area contributed by atoms with E-state index in [-0.39, 0.29) is 11.9 Å². The summed E-state index contributed by atoms with van der Waals surface area (Å²) in [7, 11) is 1.56. The fourth-order valence-corrected chi connectivity index (χ4v) is 2.48. The minimum absolute atomic E-state index is 0.169. The van der Waals surface area contributed by atoms with E-state index in [0.717, 1.165) is 25.9 Å². The quantitative estimate of drug-likeness (QED) is 0.882. The summed E-state index contributed by atoms with van der Waals surface area (Å²) in [5.41, 5.74) is 0.922. The zero-order valence-corrected chi connectivity index (χ0v) is 13.0. The Labute approximate surface area is 129 Å². The first kappa shape index (κ1) is 15.6. The Hall–Kier alpha value is -1.75. The highest BCUT2D eigenvalue weighted by atomic mass is 35.5. The number of nitrogens with zero attached hydrogens (tertiary/aromatic N) is 1. The van der Waals surface area contributed by atoms with Crippen molar-refractivity contribution in [1.82, 2.24) is 10.2 Å². The molecule has 1 aliphatic heterocycles. The summed E-state index contributed by atoms with van der Waals surface area (Å²) in [4.78, 5) is 25.6. The first-order valence-electron chi connectivity index (χ1n) is 7.09. The summed E-state index contributed by atoms with van der Waals surface area (Å²) in [6.45, 7) is 3.69. The second kappa shape index (κ2) is 6.80. The van der Waals surface area contributed by atoms with E-state index >= 15 is 0 Å². The molecule has 6 heteroatoms. The largest absolute Gasteiger partial charge is 0.355 e. The molecule has 1 saturated heterocycles. The average Bonchev–Trinajstić information content (AvgIpc) is 2.49. The van der Waals surface area contributed by atoms with Crippen LogP contribution in [0.1, 0.15) is 30.1 Å². The van der Waals surface area contributed by atoms with Crippen molar-refractivity contribution in [3.8, 4) is 0 Å². The maximum atomic E-state index is 12.2. The van der Waals surface area contributed by atoms with Crippen LogP contribution in [0.15, 0.2) is 18.2 Å². The highest BCUT2D eigenvalue weighted by molar-refractivity contribution is 6.33. The Kier molecular flexibility index (Phi) is 5.07. The molecule has 21 heavy (non-hydrogen) atoms. The molecule has 2 rings (SSSR count). The van der Waals surface area contributed by atoms with Crippen molar-refractivity contribution in [3.05, 3.63) is 28.8 Å². The summed E-state index contributed by atoms with van der Waals surface area (Å²) >= 11 is 6.09. The van der Waals surface area contributed by atoms with Gasteiger partial charge in [0.05, 0.1) is 10.7 Å². The van der Waals surface area contributed by atoms with Crippen LogP contribution in [0.5, 0.6) is 0 Å². The highest BCUT2D eigenvalue weighted by Crippen LogP contribution is 2.24. The Balaban J connectivity index is 2.08. The van der Waals surface area contributed by atoms with Gasteiger partial charge < -0.3 is 15.5 Å². The molecular formula is C15H20ClN3O2. The minimum atomic E-state index is -0.214. The molecule has 2 N–H and O–H groups in total. The minimum Gasteiger partial charge on any atom is -0.355 e. The van der Waals surface area contributed by atoms with Gasteiger partial charge in [-0.1, -0.05) is 18.5 Å². The van der Waals surface area contributed by atoms with Gasteiger partial charge in [0, 0.05) is 25.7 Å². The number of hydrogen-bond acceptors (Lipinski definition) is 2. The van der Waals surface area contributed by atoms with Gasteiger partial charge in [-0.05, 0) is 37.0 Å². The zero-order valence-electron chi connectivity index (χ0n) is 12.3. The first-order valence-corrected chi connectivity index (χ1v) is 7.46. The Morgan fingerprint density at radius 1 is 1.29 bits per heavy atom. The second-order valence-corrected chi connectivity index (χ2v) is 5.78. The number of halogens is 1. The first-order chi connectivity index (χ1) is 10.0. The van der Waals surface area contributed by atoms with Crippen LogP contribution in [0.3, 0.4) is 0 Å². The third-order valence-corrected chi connectivity index (χ3v) is 4.10. The molecule has 1 aromatic rings. The Morgan fingerprint density at radius 2 is 1.95 bits per heavy atom. The van der Waals surface area contributed by atoms with E-state index in [1.165, 1.54) is 0 Å². The van der Waals surface area contributed by atoms with Gasteiger partial charge in [0.25, 0.3) is 5.91 Å². The molecule has 0 unspecified atom stereocenters. The van der Waals surface area contributed by atoms with E-state index in [4.69, 9.17) is 11.6 Å². The second-order valence-electron chi connectivity index (χ2n) is 5.37. The number of hydrogen-bond donors (Lipinski definition) is 2. The molecule has 0 saturated carbocycles. The molecule has 0 aliphatic carbocycles. The van der Waals surface area contributed by atoms with Crippen molar-refractivity contribution < 1.29 is 9.59 Å². The molecule has 0 bridgehead atoms. The molecule has 1 heterocycles. The topological polar surface area (TPSA) is 61.4 Å². The number of anilines is 1. The molecule has 0 radical (unpaired) electrons. The van der Waals surface area contributed by atoms with Gasteiger partial charge in [-0.2, -0.15) is 0 Å². The molecule has 5 nitrogen and oxygen atoms in total. The highest BCUT2D eigenvalue weighted by Gasteiger charge is 2.21. The van der Waals surface area contributed by atoms with Gasteiger partial charge in [0.2, 0.25) is 0 Å². The number of benzene rings is 1. The Bertz CT molecular complexity index is 540. The molecule has 1 aliphatic rings. The van der Waals surface area contributed by atoms with Crippen molar-refractivity contribution in [2.24, 2.45) is 5.92 Å². The summed E-state index contributed by atoms with van der Waals surface area (Å²) < 4.78 is 0. The van der Waals surface area contributed by atoms with Crippen LogP contribution in [0.4, 0.5) is 10.5 Å². The predicted molar refractivity (Wildman–Crippen MR) is 83.8 cm³/mol. The lowest BCUT2D eigenvalue weighted by atomic mass is 10.00. The monoisotopic (exact) mass is 309 g/mol. The van der Waals surface area contributed by atoms with E-state index in [9.17, 15) is 9.59 Å². The van der Waals surface area contributed by atoms with Crippen molar-refractivity contribution in [3.63, 3.8) is 0 Å². The predicted octanol–water partition coefficient (Wildman–Crippen LogP) is 2.96. The molecule has 0 spiro atoms. The number of nitrogens with one attached hydrogen (secondary N) is 2. The van der Waals surface area contributed by atoms with Crippen LogP contribution < -0.4 is 10.6 Å². The van der Waals surface area contributed by atoms with Gasteiger partial charge in [-0.15, -0.1) is 0 Å². The van der Waals surface area contributed by atoms with Crippen LogP contribution in [0, 0.1) is 5.92 Å². The van der Waals surface area contributed by atoms with Crippen molar-refractivity contribution >= 4 is 29.2 Å². The smallest absolute Gasteiger partial charge is 0.321 e. The number of amides is 3. The van der Waals surface area contributed by atoms with E-state index in [0.29, 0.717) is 22.2 Å². The molecule has 0 aromatic heterocycles. The summed E-state index contributed by atoms with van der Waals surface area (Å²) in [5, 5.41) is 5.75. The van der Waals surface area contributed by atoms with Crippen LogP contribution in [0.25, 0.3) is 0 Å². The number of urea groups is 1. The van der Waals surface area contributed by atoms with Crippen molar-refractivity contribution in [2.75, 3.05) is 25.5 Å². The fourth-order valence-electron chi connectivity index (χ4n) is 2.31. The maximum absolute atomic E-state index is 12.2. The van der Waals surface area contributed by atoms with E-state index in [2.05, 4.69) is 17.6 Å². The normalized spacial score (nSPS) is 15.7. The summed E-state index contributed by atoms with van der Waals surface area (Å²) in [6, 6.07) is 4.66. The van der Waals surface area contributed by atoms with Crippen LogP contribution in [-0.4, -0.2) is 37.0 Å². The number of carbonyl (C=O) groups excluding carboxylic acids is 2. The third-order valence-electron chi connectivity index (χ3n) is 3.77. The van der Waals surface area contributed by atoms with Gasteiger partial charge in [0.15, 0.2) is 0 Å². The Morgan fingerprint density at radius 3 is 2.57 bits per heavy atom. The lowest BCUT2D eigenvalue weighted by molar-refractivity contribution is 0.0963. The molecule has 0 atom stereocenters. The van der Waals surface area contributed by atoms with E-state index in [1.54, 1.807) is 30.1 Å². The van der Waals surface area contributed by atoms with Gasteiger partial charge >= 0.3 is 6.03 Å². The SMILES string of the molecule is CNC(=O)c1ccc(Cl)c(NC(=O)N2CCC(C)CC2)c1. The van der Waals surface area contributed by atoms with Crippen molar-refractivity contribution in [1.29, 1.82) is 0 Å². The summed E-state index contributed by atoms with van der Waals surface area (Å²) in [5.74, 6) is 0.447. The standard InChI is InChI=1S/C15H20ClN3O2/c1-10-5-7-19(8-6-10)15(21)18-13-9-11(14(20)17-2)3-4-12(13)16/h3-4,9-10H,5-8H2,1-2H3,(H,17,20)(H,18,21). The lowest BCUT2D eigenvalue weighted by Gasteiger charge is -2.30. The van der Waals surface area contributed by atoms with Gasteiger partial charge in [-0.25, -0.2) is 4.79 Å². The molecular weight excluding hydrogens is 290 g/mol. The van der Waals surface area contributed by atoms with Gasteiger partial charge in [-0.3, -0.25) is 4.79 Å². The third kappa shape index (κ3) is 3.88. The van der Waals surface area contributed by atoms with E-state index < -0.39 is 0 Å². The van der Waals surface area contributed by atoms with Crippen LogP contribution in [-0.2, 0) is 0 Å². The average molecular weight is 310 g/mol. The number of carbonyl (C=O) groups is 2. The molecule has 1 fully saturated rings.